The molecule has 1 aliphatic rings. The molecule has 0 amide bonds. The second kappa shape index (κ2) is 6.36. The monoisotopic (exact) mass is 294 g/mol. The summed E-state index contributed by atoms with van der Waals surface area (Å²) in [5, 5.41) is 4.34. The van der Waals surface area contributed by atoms with Gasteiger partial charge in [0.15, 0.2) is 0 Å². The number of piperidine rings is 1. The lowest BCUT2D eigenvalue weighted by atomic mass is 9.84. The van der Waals surface area contributed by atoms with Crippen LogP contribution in [-0.2, 0) is 6.54 Å². The highest BCUT2D eigenvalue weighted by molar-refractivity contribution is 6.30. The van der Waals surface area contributed by atoms with Gasteiger partial charge >= 0.3 is 0 Å². The zero-order valence-corrected chi connectivity index (χ0v) is 13.9. The van der Waals surface area contributed by atoms with E-state index in [1.165, 1.54) is 24.1 Å². The maximum absolute atomic E-state index is 6.22. The largest absolute Gasteiger partial charge is 0.371 e. The van der Waals surface area contributed by atoms with Crippen molar-refractivity contribution >= 4 is 17.3 Å². The predicted octanol–water partition coefficient (Wildman–Crippen LogP) is 4.46. The molecular weight excluding hydrogens is 268 g/mol. The molecule has 0 spiro atoms. The lowest BCUT2D eigenvalue weighted by Crippen LogP contribution is -2.40. The standard InChI is InChI=1S/C17H27ClN2/c1-13(2)19-11-14-6-7-15(18)10-16(14)20-9-5-8-17(3,4)12-20/h6-7,10,13,19H,5,8-9,11-12H2,1-4H3. The third-order valence-corrected chi connectivity index (χ3v) is 4.22. The maximum atomic E-state index is 6.22. The van der Waals surface area contributed by atoms with Crippen LogP contribution < -0.4 is 10.2 Å². The molecule has 1 aromatic carbocycles. The minimum Gasteiger partial charge on any atom is -0.371 e. The molecule has 1 heterocycles. The Kier molecular flexibility index (Phi) is 4.98. The van der Waals surface area contributed by atoms with Crippen LogP contribution >= 0.6 is 11.6 Å². The Morgan fingerprint density at radius 3 is 2.75 bits per heavy atom. The first kappa shape index (κ1) is 15.7. The number of benzene rings is 1. The molecule has 0 aromatic heterocycles. The van der Waals surface area contributed by atoms with Crippen LogP contribution in [0.3, 0.4) is 0 Å². The summed E-state index contributed by atoms with van der Waals surface area (Å²) >= 11 is 6.22. The summed E-state index contributed by atoms with van der Waals surface area (Å²) in [5.41, 5.74) is 3.04. The van der Waals surface area contributed by atoms with E-state index in [2.05, 4.69) is 50.0 Å². The van der Waals surface area contributed by atoms with Crippen molar-refractivity contribution in [2.24, 2.45) is 5.41 Å². The van der Waals surface area contributed by atoms with Gasteiger partial charge in [-0.15, -0.1) is 0 Å². The highest BCUT2D eigenvalue weighted by Gasteiger charge is 2.27. The molecule has 1 aromatic rings. The van der Waals surface area contributed by atoms with Gasteiger partial charge in [0, 0.05) is 36.4 Å². The molecule has 0 aliphatic carbocycles. The maximum Gasteiger partial charge on any atom is 0.0426 e. The van der Waals surface area contributed by atoms with Gasteiger partial charge in [-0.2, -0.15) is 0 Å². The molecule has 0 unspecified atom stereocenters. The lowest BCUT2D eigenvalue weighted by molar-refractivity contribution is 0.293. The van der Waals surface area contributed by atoms with Crippen LogP contribution in [0.2, 0.25) is 5.02 Å². The van der Waals surface area contributed by atoms with Crippen LogP contribution in [0.4, 0.5) is 5.69 Å². The molecule has 0 atom stereocenters. The Morgan fingerprint density at radius 2 is 2.10 bits per heavy atom. The normalized spacial score (nSPS) is 18.6. The second-order valence-corrected chi connectivity index (χ2v) is 7.43. The van der Waals surface area contributed by atoms with Crippen LogP contribution in [0.25, 0.3) is 0 Å². The van der Waals surface area contributed by atoms with Crippen LogP contribution in [-0.4, -0.2) is 19.1 Å². The Balaban J connectivity index is 2.22. The van der Waals surface area contributed by atoms with Crippen molar-refractivity contribution in [1.82, 2.24) is 5.32 Å². The number of hydrogen-bond acceptors (Lipinski definition) is 2. The number of hydrogen-bond donors (Lipinski definition) is 1. The summed E-state index contributed by atoms with van der Waals surface area (Å²) in [7, 11) is 0. The molecule has 0 radical (unpaired) electrons. The molecular formula is C17H27ClN2. The van der Waals surface area contributed by atoms with Crippen molar-refractivity contribution in [3.8, 4) is 0 Å². The van der Waals surface area contributed by atoms with E-state index in [1.807, 2.05) is 6.07 Å². The first-order valence-electron chi connectivity index (χ1n) is 7.64. The predicted molar refractivity (Wildman–Crippen MR) is 88.7 cm³/mol. The summed E-state index contributed by atoms with van der Waals surface area (Å²) in [6.45, 7) is 12.2. The molecule has 112 valence electrons. The van der Waals surface area contributed by atoms with Crippen LogP contribution in [0.1, 0.15) is 46.1 Å². The van der Waals surface area contributed by atoms with Gasteiger partial charge in [-0.3, -0.25) is 0 Å². The average molecular weight is 295 g/mol. The molecule has 3 heteroatoms. The third kappa shape index (κ3) is 4.13. The van der Waals surface area contributed by atoms with Crippen molar-refractivity contribution in [2.45, 2.75) is 53.1 Å². The van der Waals surface area contributed by atoms with Crippen molar-refractivity contribution < 1.29 is 0 Å². The van der Waals surface area contributed by atoms with Crippen LogP contribution in [0, 0.1) is 5.41 Å². The molecule has 0 saturated carbocycles. The van der Waals surface area contributed by atoms with Crippen LogP contribution in [0.15, 0.2) is 18.2 Å². The Morgan fingerprint density at radius 1 is 1.35 bits per heavy atom. The van der Waals surface area contributed by atoms with E-state index in [-0.39, 0.29) is 0 Å². The van der Waals surface area contributed by atoms with Gasteiger partial charge in [-0.05, 0) is 36.0 Å². The SMILES string of the molecule is CC(C)NCc1ccc(Cl)cc1N1CCCC(C)(C)C1. The third-order valence-electron chi connectivity index (χ3n) is 3.99. The summed E-state index contributed by atoms with van der Waals surface area (Å²) in [4.78, 5) is 2.51. The van der Waals surface area contributed by atoms with E-state index in [4.69, 9.17) is 11.6 Å². The molecule has 2 nitrogen and oxygen atoms in total. The zero-order chi connectivity index (χ0) is 14.8. The second-order valence-electron chi connectivity index (χ2n) is 7.00. The zero-order valence-electron chi connectivity index (χ0n) is 13.2. The van der Waals surface area contributed by atoms with E-state index in [0.717, 1.165) is 24.7 Å². The summed E-state index contributed by atoms with van der Waals surface area (Å²) in [6, 6.07) is 6.78. The highest BCUT2D eigenvalue weighted by Crippen LogP contribution is 2.34. The summed E-state index contributed by atoms with van der Waals surface area (Å²) in [6.07, 6.45) is 2.57. The lowest BCUT2D eigenvalue weighted by Gasteiger charge is -2.40. The van der Waals surface area contributed by atoms with E-state index in [0.29, 0.717) is 11.5 Å². The van der Waals surface area contributed by atoms with Crippen molar-refractivity contribution in [3.05, 3.63) is 28.8 Å². The fourth-order valence-corrected chi connectivity index (χ4v) is 3.09. The first-order valence-corrected chi connectivity index (χ1v) is 8.02. The Hall–Kier alpha value is -0.730. The number of nitrogens with one attached hydrogen (secondary N) is 1. The van der Waals surface area contributed by atoms with Crippen molar-refractivity contribution in [1.29, 1.82) is 0 Å². The topological polar surface area (TPSA) is 15.3 Å². The van der Waals surface area contributed by atoms with Gasteiger partial charge < -0.3 is 10.2 Å². The number of halogens is 1. The fourth-order valence-electron chi connectivity index (χ4n) is 2.92. The molecule has 1 saturated heterocycles. The minimum atomic E-state index is 0.392. The quantitative estimate of drug-likeness (QED) is 0.882. The average Bonchev–Trinajstić information content (AvgIpc) is 2.36. The van der Waals surface area contributed by atoms with E-state index in [1.54, 1.807) is 0 Å². The van der Waals surface area contributed by atoms with Gasteiger partial charge in [0.2, 0.25) is 0 Å². The summed E-state index contributed by atoms with van der Waals surface area (Å²) in [5.74, 6) is 0. The fraction of sp³-hybridized carbons (Fsp3) is 0.647. The van der Waals surface area contributed by atoms with E-state index in [9.17, 15) is 0 Å². The van der Waals surface area contributed by atoms with Crippen molar-refractivity contribution in [2.75, 3.05) is 18.0 Å². The Bertz CT molecular complexity index is 454. The van der Waals surface area contributed by atoms with Gasteiger partial charge in [-0.1, -0.05) is 45.4 Å². The van der Waals surface area contributed by atoms with E-state index >= 15 is 0 Å². The van der Waals surface area contributed by atoms with Gasteiger partial charge in [0.05, 0.1) is 0 Å². The minimum absolute atomic E-state index is 0.392. The number of nitrogens with zero attached hydrogens (tertiary/aromatic N) is 1. The molecule has 0 bridgehead atoms. The Labute approximate surface area is 128 Å². The number of rotatable bonds is 4. The molecule has 1 aliphatic heterocycles. The molecule has 1 N–H and O–H groups in total. The highest BCUT2D eigenvalue weighted by atomic mass is 35.5. The molecule has 1 fully saturated rings. The van der Waals surface area contributed by atoms with E-state index < -0.39 is 0 Å². The van der Waals surface area contributed by atoms with Crippen LogP contribution in [0.5, 0.6) is 0 Å². The number of anilines is 1. The van der Waals surface area contributed by atoms with Gasteiger partial charge in [0.25, 0.3) is 0 Å². The van der Waals surface area contributed by atoms with Crippen molar-refractivity contribution in [3.63, 3.8) is 0 Å². The summed E-state index contributed by atoms with van der Waals surface area (Å²) < 4.78 is 0. The molecule has 2 rings (SSSR count). The van der Waals surface area contributed by atoms with Gasteiger partial charge in [-0.25, -0.2) is 0 Å². The molecule has 20 heavy (non-hydrogen) atoms. The first-order chi connectivity index (χ1) is 9.37. The van der Waals surface area contributed by atoms with Gasteiger partial charge in [0.1, 0.15) is 0 Å². The smallest absolute Gasteiger partial charge is 0.0426 e.